The van der Waals surface area contributed by atoms with E-state index in [1.165, 1.54) is 11.3 Å². The molecule has 2 N–H and O–H groups in total. The number of carboxylic acid groups (broad SMARTS) is 1. The maximum absolute atomic E-state index is 12.3. The van der Waals surface area contributed by atoms with Crippen molar-refractivity contribution in [3.05, 3.63) is 29.2 Å². The van der Waals surface area contributed by atoms with E-state index < -0.39 is 16.0 Å². The highest BCUT2D eigenvalue weighted by Gasteiger charge is 2.33. The third-order valence-corrected chi connectivity index (χ3v) is 7.59. The Kier molecular flexibility index (Phi) is 6.22. The molecule has 0 fully saturated rings. The number of hydrogen-bond acceptors (Lipinski definition) is 4. The van der Waals surface area contributed by atoms with Crippen molar-refractivity contribution < 1.29 is 18.3 Å². The molecule has 5 nitrogen and oxygen atoms in total. The molecule has 0 saturated carbocycles. The van der Waals surface area contributed by atoms with Crippen LogP contribution in [0.1, 0.15) is 33.6 Å². The van der Waals surface area contributed by atoms with Crippen LogP contribution in [0, 0.1) is 23.7 Å². The zero-order chi connectivity index (χ0) is 17.9. The van der Waals surface area contributed by atoms with Crippen molar-refractivity contribution in [3.63, 3.8) is 0 Å². The standard InChI is InChI=1S/C17H25NO4S2/c1-11(2)15-8-13(9-16(19)20)12(3)7-14(15)10-18-24(21,22)17-5-4-6-23-17/h4-7,11,13-15,18H,8-10H2,1-3H3,(H,19,20). The summed E-state index contributed by atoms with van der Waals surface area (Å²) in [6, 6.07) is 3.31. The monoisotopic (exact) mass is 371 g/mol. The first kappa shape index (κ1) is 19.1. The predicted octanol–water partition coefficient (Wildman–Crippen LogP) is 3.36. The molecule has 0 radical (unpaired) electrons. The number of allylic oxidation sites excluding steroid dienone is 1. The molecule has 0 bridgehead atoms. The minimum absolute atomic E-state index is 0.0417. The van der Waals surface area contributed by atoms with E-state index in [0.29, 0.717) is 16.7 Å². The van der Waals surface area contributed by atoms with Crippen molar-refractivity contribution >= 4 is 27.3 Å². The maximum atomic E-state index is 12.3. The van der Waals surface area contributed by atoms with Crippen LogP contribution >= 0.6 is 11.3 Å². The molecule has 1 heterocycles. The van der Waals surface area contributed by atoms with Gasteiger partial charge in [0, 0.05) is 6.54 Å². The molecule has 3 unspecified atom stereocenters. The Morgan fingerprint density at radius 3 is 2.71 bits per heavy atom. The highest BCUT2D eigenvalue weighted by molar-refractivity contribution is 7.91. The van der Waals surface area contributed by atoms with Crippen LogP contribution < -0.4 is 4.72 Å². The van der Waals surface area contributed by atoms with Gasteiger partial charge in [-0.2, -0.15) is 0 Å². The summed E-state index contributed by atoms with van der Waals surface area (Å²) >= 11 is 1.20. The van der Waals surface area contributed by atoms with Crippen LogP contribution in [0.4, 0.5) is 0 Å². The normalized spacial score (nSPS) is 24.8. The van der Waals surface area contributed by atoms with Crippen molar-refractivity contribution in [2.45, 2.75) is 37.8 Å². The van der Waals surface area contributed by atoms with Gasteiger partial charge in [-0.05, 0) is 48.5 Å². The van der Waals surface area contributed by atoms with E-state index in [9.17, 15) is 13.2 Å². The number of rotatable bonds is 7. The molecule has 1 aliphatic carbocycles. The molecule has 1 aliphatic rings. The number of thiophene rings is 1. The number of aliphatic carboxylic acids is 1. The van der Waals surface area contributed by atoms with Crippen LogP contribution in [0.3, 0.4) is 0 Å². The summed E-state index contributed by atoms with van der Waals surface area (Å²) in [6.07, 6.45) is 3.00. The van der Waals surface area contributed by atoms with E-state index in [-0.39, 0.29) is 24.2 Å². The summed E-state index contributed by atoms with van der Waals surface area (Å²) < 4.78 is 27.6. The molecule has 3 atom stereocenters. The second kappa shape index (κ2) is 7.80. The molecule has 2 rings (SSSR count). The Hall–Kier alpha value is -1.18. The molecule has 0 aliphatic heterocycles. The van der Waals surface area contributed by atoms with Crippen molar-refractivity contribution in [2.75, 3.05) is 6.54 Å². The summed E-state index contributed by atoms with van der Waals surface area (Å²) in [5.41, 5.74) is 1.05. The summed E-state index contributed by atoms with van der Waals surface area (Å²) in [5, 5.41) is 10.8. The lowest BCUT2D eigenvalue weighted by Gasteiger charge is -2.36. The highest BCUT2D eigenvalue weighted by atomic mass is 32.2. The lowest BCUT2D eigenvalue weighted by molar-refractivity contribution is -0.138. The fraction of sp³-hybridized carbons (Fsp3) is 0.588. The Bertz CT molecular complexity index is 692. The molecule has 24 heavy (non-hydrogen) atoms. The Morgan fingerprint density at radius 1 is 1.46 bits per heavy atom. The largest absolute Gasteiger partial charge is 0.481 e. The van der Waals surface area contributed by atoms with Gasteiger partial charge in [-0.3, -0.25) is 4.79 Å². The van der Waals surface area contributed by atoms with Gasteiger partial charge in [0.15, 0.2) is 0 Å². The summed E-state index contributed by atoms with van der Waals surface area (Å²) in [5.74, 6) is -0.0251. The molecule has 0 amide bonds. The third kappa shape index (κ3) is 4.68. The van der Waals surface area contributed by atoms with Gasteiger partial charge in [-0.1, -0.05) is 31.6 Å². The molecular formula is C17H25NO4S2. The second-order valence-corrected chi connectivity index (χ2v) is 9.74. The van der Waals surface area contributed by atoms with Crippen molar-refractivity contribution in [3.8, 4) is 0 Å². The van der Waals surface area contributed by atoms with Crippen LogP contribution in [0.2, 0.25) is 0 Å². The smallest absolute Gasteiger partial charge is 0.303 e. The van der Waals surface area contributed by atoms with Crippen LogP contribution in [0.5, 0.6) is 0 Å². The molecule has 0 saturated heterocycles. The summed E-state index contributed by atoms with van der Waals surface area (Å²) in [4.78, 5) is 11.0. The van der Waals surface area contributed by atoms with Gasteiger partial charge in [-0.15, -0.1) is 11.3 Å². The van der Waals surface area contributed by atoms with Gasteiger partial charge < -0.3 is 5.11 Å². The molecule has 1 aromatic heterocycles. The first-order chi connectivity index (χ1) is 11.2. The van der Waals surface area contributed by atoms with E-state index in [4.69, 9.17) is 5.11 Å². The Balaban J connectivity index is 2.12. The van der Waals surface area contributed by atoms with E-state index in [1.54, 1.807) is 17.5 Å². The number of sulfonamides is 1. The summed E-state index contributed by atoms with van der Waals surface area (Å²) in [6.45, 7) is 6.51. The van der Waals surface area contributed by atoms with Crippen molar-refractivity contribution in [1.29, 1.82) is 0 Å². The topological polar surface area (TPSA) is 83.5 Å². The highest BCUT2D eigenvalue weighted by Crippen LogP contribution is 2.38. The molecular weight excluding hydrogens is 346 g/mol. The zero-order valence-corrected chi connectivity index (χ0v) is 15.9. The molecule has 0 aromatic carbocycles. The maximum Gasteiger partial charge on any atom is 0.303 e. The fourth-order valence-electron chi connectivity index (χ4n) is 3.41. The van der Waals surface area contributed by atoms with Gasteiger partial charge in [-0.25, -0.2) is 13.1 Å². The number of hydrogen-bond donors (Lipinski definition) is 2. The zero-order valence-electron chi connectivity index (χ0n) is 14.2. The predicted molar refractivity (Wildman–Crippen MR) is 95.4 cm³/mol. The summed E-state index contributed by atoms with van der Waals surface area (Å²) in [7, 11) is -3.47. The molecule has 1 aromatic rings. The van der Waals surface area contributed by atoms with Crippen molar-refractivity contribution in [2.24, 2.45) is 23.7 Å². The van der Waals surface area contributed by atoms with Gasteiger partial charge in [0.1, 0.15) is 4.21 Å². The minimum Gasteiger partial charge on any atom is -0.481 e. The van der Waals surface area contributed by atoms with Gasteiger partial charge in [0.2, 0.25) is 10.0 Å². The van der Waals surface area contributed by atoms with Gasteiger partial charge >= 0.3 is 5.97 Å². The Labute approximate surface area is 147 Å². The van der Waals surface area contributed by atoms with E-state index >= 15 is 0 Å². The van der Waals surface area contributed by atoms with Crippen LogP contribution in [0.25, 0.3) is 0 Å². The van der Waals surface area contributed by atoms with E-state index in [1.807, 2.05) is 6.92 Å². The van der Waals surface area contributed by atoms with Crippen LogP contribution in [0.15, 0.2) is 33.4 Å². The van der Waals surface area contributed by atoms with Gasteiger partial charge in [0.25, 0.3) is 0 Å². The first-order valence-corrected chi connectivity index (χ1v) is 10.5. The lowest BCUT2D eigenvalue weighted by Crippen LogP contribution is -2.36. The van der Waals surface area contributed by atoms with E-state index in [0.717, 1.165) is 12.0 Å². The molecule has 7 heteroatoms. The minimum atomic E-state index is -3.47. The van der Waals surface area contributed by atoms with E-state index in [2.05, 4.69) is 24.6 Å². The van der Waals surface area contributed by atoms with Crippen LogP contribution in [-0.2, 0) is 14.8 Å². The Morgan fingerprint density at radius 2 is 2.17 bits per heavy atom. The lowest BCUT2D eigenvalue weighted by atomic mass is 9.70. The second-order valence-electron chi connectivity index (χ2n) is 6.80. The quantitative estimate of drug-likeness (QED) is 0.720. The van der Waals surface area contributed by atoms with Crippen molar-refractivity contribution in [1.82, 2.24) is 4.72 Å². The average molecular weight is 372 g/mol. The fourth-order valence-corrected chi connectivity index (χ4v) is 5.52. The number of nitrogens with one attached hydrogen (secondary N) is 1. The van der Waals surface area contributed by atoms with Gasteiger partial charge in [0.05, 0.1) is 6.42 Å². The number of carboxylic acids is 1. The SMILES string of the molecule is CC1=CC(CNS(=O)(=O)c2cccs2)C(C(C)C)CC1CC(=O)O. The average Bonchev–Trinajstić information content (AvgIpc) is 3.01. The first-order valence-electron chi connectivity index (χ1n) is 8.14. The third-order valence-electron chi connectivity index (χ3n) is 4.77. The molecule has 134 valence electrons. The molecule has 0 spiro atoms. The van der Waals surface area contributed by atoms with Crippen LogP contribution in [-0.4, -0.2) is 26.0 Å². The number of carbonyl (C=O) groups is 1.